The van der Waals surface area contributed by atoms with Crippen molar-refractivity contribution in [1.82, 2.24) is 16.2 Å². The molecular formula is C14H11BrFN3O3S. The van der Waals surface area contributed by atoms with E-state index in [0.717, 1.165) is 9.85 Å². The minimum Gasteiger partial charge on any atom is -0.343 e. The predicted molar refractivity (Wildman–Crippen MR) is 86.4 cm³/mol. The first-order chi connectivity index (χ1) is 11.0. The Morgan fingerprint density at radius 3 is 2.43 bits per heavy atom. The number of rotatable bonds is 4. The van der Waals surface area contributed by atoms with Gasteiger partial charge in [0.2, 0.25) is 0 Å². The van der Waals surface area contributed by atoms with Gasteiger partial charge in [0, 0.05) is 0 Å². The summed E-state index contributed by atoms with van der Waals surface area (Å²) in [5.41, 5.74) is 4.21. The fourth-order valence-corrected chi connectivity index (χ4v) is 2.85. The number of carbonyl (C=O) groups excluding carboxylic acids is 3. The summed E-state index contributed by atoms with van der Waals surface area (Å²) in [5, 5.41) is 2.26. The van der Waals surface area contributed by atoms with Crippen LogP contribution in [0.4, 0.5) is 4.39 Å². The number of hydrogen-bond donors (Lipinski definition) is 3. The first-order valence-electron chi connectivity index (χ1n) is 6.34. The fourth-order valence-electron chi connectivity index (χ4n) is 1.57. The van der Waals surface area contributed by atoms with Gasteiger partial charge in [-0.2, -0.15) is 0 Å². The molecule has 0 fully saturated rings. The van der Waals surface area contributed by atoms with E-state index in [1.165, 1.54) is 29.5 Å². The maximum atomic E-state index is 13.4. The van der Waals surface area contributed by atoms with Crippen molar-refractivity contribution < 1.29 is 18.8 Å². The molecule has 1 aromatic heterocycles. The summed E-state index contributed by atoms with van der Waals surface area (Å²) in [4.78, 5) is 35.4. The van der Waals surface area contributed by atoms with Crippen molar-refractivity contribution in [2.45, 2.75) is 0 Å². The SMILES string of the molecule is O=C(CNC(=O)c1ccccc1F)NNC(=O)c1ccc(Br)s1. The van der Waals surface area contributed by atoms with Crippen LogP contribution in [-0.4, -0.2) is 24.3 Å². The number of nitrogens with one attached hydrogen (secondary N) is 3. The smallest absolute Gasteiger partial charge is 0.279 e. The van der Waals surface area contributed by atoms with Gasteiger partial charge in [0.05, 0.1) is 20.8 Å². The van der Waals surface area contributed by atoms with Crippen molar-refractivity contribution in [2.24, 2.45) is 0 Å². The van der Waals surface area contributed by atoms with E-state index in [9.17, 15) is 18.8 Å². The molecular weight excluding hydrogens is 389 g/mol. The Morgan fingerprint density at radius 2 is 1.78 bits per heavy atom. The van der Waals surface area contributed by atoms with Gasteiger partial charge in [0.25, 0.3) is 17.7 Å². The summed E-state index contributed by atoms with van der Waals surface area (Å²) in [7, 11) is 0. The summed E-state index contributed by atoms with van der Waals surface area (Å²) >= 11 is 4.43. The van der Waals surface area contributed by atoms with Crippen LogP contribution in [-0.2, 0) is 4.79 Å². The van der Waals surface area contributed by atoms with Crippen molar-refractivity contribution in [3.05, 3.63) is 56.4 Å². The number of thiophene rings is 1. The van der Waals surface area contributed by atoms with E-state index in [4.69, 9.17) is 0 Å². The first-order valence-corrected chi connectivity index (χ1v) is 7.95. The summed E-state index contributed by atoms with van der Waals surface area (Å²) in [5.74, 6) is -2.51. The molecule has 0 atom stereocenters. The average Bonchev–Trinajstić information content (AvgIpc) is 2.97. The predicted octanol–water partition coefficient (Wildman–Crippen LogP) is 1.84. The highest BCUT2D eigenvalue weighted by molar-refractivity contribution is 9.11. The van der Waals surface area contributed by atoms with Crippen LogP contribution in [0.2, 0.25) is 0 Å². The van der Waals surface area contributed by atoms with Crippen LogP contribution in [0.25, 0.3) is 0 Å². The number of halogens is 2. The van der Waals surface area contributed by atoms with Gasteiger partial charge in [0.15, 0.2) is 0 Å². The van der Waals surface area contributed by atoms with Gasteiger partial charge in [-0.05, 0) is 40.2 Å². The molecule has 0 radical (unpaired) electrons. The largest absolute Gasteiger partial charge is 0.343 e. The van der Waals surface area contributed by atoms with Crippen LogP contribution in [0.3, 0.4) is 0 Å². The summed E-state index contributed by atoms with van der Waals surface area (Å²) in [6, 6.07) is 8.72. The minimum atomic E-state index is -0.716. The Labute approximate surface area is 143 Å². The lowest BCUT2D eigenvalue weighted by Crippen LogP contribution is -2.46. The average molecular weight is 400 g/mol. The molecule has 2 aromatic rings. The zero-order chi connectivity index (χ0) is 16.8. The van der Waals surface area contributed by atoms with Gasteiger partial charge in [-0.25, -0.2) is 4.39 Å². The lowest BCUT2D eigenvalue weighted by molar-refractivity contribution is -0.120. The third-order valence-electron chi connectivity index (χ3n) is 2.64. The fraction of sp³-hybridized carbons (Fsp3) is 0.0714. The second kappa shape index (κ2) is 7.84. The Balaban J connectivity index is 1.78. The summed E-state index contributed by atoms with van der Waals surface area (Å²) in [6.45, 7) is -0.401. The molecule has 23 heavy (non-hydrogen) atoms. The molecule has 120 valence electrons. The molecule has 0 aliphatic heterocycles. The third kappa shape index (κ3) is 4.86. The van der Waals surface area contributed by atoms with E-state index in [2.05, 4.69) is 32.1 Å². The molecule has 3 amide bonds. The highest BCUT2D eigenvalue weighted by atomic mass is 79.9. The number of hydrazine groups is 1. The van der Waals surface area contributed by atoms with Crippen molar-refractivity contribution in [1.29, 1.82) is 0 Å². The van der Waals surface area contributed by atoms with E-state index >= 15 is 0 Å². The van der Waals surface area contributed by atoms with Crippen molar-refractivity contribution in [3.8, 4) is 0 Å². The second-order valence-electron chi connectivity index (χ2n) is 4.27. The molecule has 0 saturated heterocycles. The molecule has 0 bridgehead atoms. The van der Waals surface area contributed by atoms with Gasteiger partial charge in [-0.1, -0.05) is 12.1 Å². The Morgan fingerprint density at radius 1 is 1.04 bits per heavy atom. The molecule has 0 unspecified atom stereocenters. The van der Waals surface area contributed by atoms with Crippen LogP contribution in [0, 0.1) is 5.82 Å². The van der Waals surface area contributed by atoms with E-state index in [1.807, 2.05) is 0 Å². The first kappa shape index (κ1) is 17.1. The third-order valence-corrected chi connectivity index (χ3v) is 4.26. The quantitative estimate of drug-likeness (QED) is 0.685. The number of carbonyl (C=O) groups is 3. The standard InChI is InChI=1S/C14H11BrFN3O3S/c15-11-6-5-10(23-11)14(22)19-18-12(20)7-17-13(21)8-3-1-2-4-9(8)16/h1-6H,7H2,(H,17,21)(H,18,20)(H,19,22). The van der Waals surface area contributed by atoms with E-state index < -0.39 is 30.1 Å². The second-order valence-corrected chi connectivity index (χ2v) is 6.73. The lowest BCUT2D eigenvalue weighted by Gasteiger charge is -2.08. The van der Waals surface area contributed by atoms with Crippen LogP contribution >= 0.6 is 27.3 Å². The monoisotopic (exact) mass is 399 g/mol. The van der Waals surface area contributed by atoms with Crippen LogP contribution in [0.15, 0.2) is 40.2 Å². The van der Waals surface area contributed by atoms with Gasteiger partial charge < -0.3 is 5.32 Å². The molecule has 1 heterocycles. The molecule has 6 nitrogen and oxygen atoms in total. The Hall–Kier alpha value is -2.26. The van der Waals surface area contributed by atoms with Crippen LogP contribution in [0.5, 0.6) is 0 Å². The van der Waals surface area contributed by atoms with Gasteiger partial charge in [-0.15, -0.1) is 11.3 Å². The van der Waals surface area contributed by atoms with Gasteiger partial charge in [0.1, 0.15) is 5.82 Å². The zero-order valence-corrected chi connectivity index (χ0v) is 14.0. The zero-order valence-electron chi connectivity index (χ0n) is 11.6. The minimum absolute atomic E-state index is 0.159. The molecule has 9 heteroatoms. The normalized spacial score (nSPS) is 10.0. The Bertz CT molecular complexity index is 750. The maximum absolute atomic E-state index is 13.4. The van der Waals surface area contributed by atoms with Crippen LogP contribution in [0.1, 0.15) is 20.0 Å². The van der Waals surface area contributed by atoms with Crippen molar-refractivity contribution in [3.63, 3.8) is 0 Å². The maximum Gasteiger partial charge on any atom is 0.279 e. The highest BCUT2D eigenvalue weighted by Gasteiger charge is 2.13. The number of benzene rings is 1. The molecule has 2 rings (SSSR count). The van der Waals surface area contributed by atoms with Crippen molar-refractivity contribution in [2.75, 3.05) is 6.54 Å². The highest BCUT2D eigenvalue weighted by Crippen LogP contribution is 2.21. The topological polar surface area (TPSA) is 87.3 Å². The molecule has 0 aliphatic carbocycles. The molecule has 0 aliphatic rings. The summed E-state index contributed by atoms with van der Waals surface area (Å²) < 4.78 is 14.2. The number of hydrogen-bond acceptors (Lipinski definition) is 4. The van der Waals surface area contributed by atoms with Crippen LogP contribution < -0.4 is 16.2 Å². The molecule has 0 saturated carbocycles. The molecule has 1 aromatic carbocycles. The van der Waals surface area contributed by atoms with Gasteiger partial charge in [-0.3, -0.25) is 25.2 Å². The van der Waals surface area contributed by atoms with E-state index in [1.54, 1.807) is 12.1 Å². The summed E-state index contributed by atoms with van der Waals surface area (Å²) in [6.07, 6.45) is 0. The Kier molecular flexibility index (Phi) is 5.83. The van der Waals surface area contributed by atoms with E-state index in [-0.39, 0.29) is 5.56 Å². The molecule has 3 N–H and O–H groups in total. The van der Waals surface area contributed by atoms with E-state index in [0.29, 0.717) is 4.88 Å². The van der Waals surface area contributed by atoms with Gasteiger partial charge >= 0.3 is 0 Å². The lowest BCUT2D eigenvalue weighted by atomic mass is 10.2. The number of amides is 3. The van der Waals surface area contributed by atoms with Crippen molar-refractivity contribution >= 4 is 45.0 Å². The molecule has 0 spiro atoms.